The summed E-state index contributed by atoms with van der Waals surface area (Å²) in [5.41, 5.74) is 0. The highest BCUT2D eigenvalue weighted by Crippen LogP contribution is 2.49. The predicted octanol–water partition coefficient (Wildman–Crippen LogP) is 5.52. The molecular weight excluding hydrogens is 204 g/mol. The molecule has 0 spiro atoms. The Bertz CT molecular complexity index is 224. The Kier molecular flexibility index (Phi) is 4.55. The fraction of sp³-hybridized carbons (Fsp3) is 1.00. The lowest BCUT2D eigenvalue weighted by Gasteiger charge is -2.35. The van der Waals surface area contributed by atoms with Gasteiger partial charge in [0.25, 0.3) is 0 Å². The van der Waals surface area contributed by atoms with Crippen LogP contribution in [-0.4, -0.2) is 0 Å². The molecule has 2 aliphatic carbocycles. The summed E-state index contributed by atoms with van der Waals surface area (Å²) in [5, 5.41) is 0. The van der Waals surface area contributed by atoms with E-state index in [0.29, 0.717) is 0 Å². The Labute approximate surface area is 109 Å². The van der Waals surface area contributed by atoms with Gasteiger partial charge in [0.05, 0.1) is 0 Å². The van der Waals surface area contributed by atoms with Crippen molar-refractivity contribution in [1.29, 1.82) is 0 Å². The first-order chi connectivity index (χ1) is 8.13. The zero-order valence-electron chi connectivity index (χ0n) is 12.4. The monoisotopic (exact) mass is 236 g/mol. The minimum absolute atomic E-state index is 0.979. The maximum Gasteiger partial charge on any atom is -0.0357 e. The van der Waals surface area contributed by atoms with E-state index in [2.05, 4.69) is 27.7 Å². The van der Waals surface area contributed by atoms with Crippen LogP contribution < -0.4 is 0 Å². The van der Waals surface area contributed by atoms with E-state index in [-0.39, 0.29) is 0 Å². The standard InChI is InChI=1S/C17H32/c1-5-6-15-7-9-16(10-8-15)13(3)14(4)17-11-12(17)2/h12-17H,5-11H2,1-4H3/t12?,13?,14?,15?,16?,17-/m1/s1. The van der Waals surface area contributed by atoms with Crippen LogP contribution in [0.2, 0.25) is 0 Å². The maximum atomic E-state index is 2.54. The van der Waals surface area contributed by atoms with E-state index in [1.54, 1.807) is 0 Å². The summed E-state index contributed by atoms with van der Waals surface area (Å²) < 4.78 is 0. The van der Waals surface area contributed by atoms with Crippen molar-refractivity contribution in [2.24, 2.45) is 35.5 Å². The largest absolute Gasteiger partial charge is 0.0654 e. The second-order valence-corrected chi connectivity index (χ2v) is 7.16. The Morgan fingerprint density at radius 2 is 1.59 bits per heavy atom. The van der Waals surface area contributed by atoms with Gasteiger partial charge in [-0.15, -0.1) is 0 Å². The van der Waals surface area contributed by atoms with Crippen LogP contribution in [0, 0.1) is 35.5 Å². The highest BCUT2D eigenvalue weighted by atomic mass is 14.5. The molecule has 4 atom stereocenters. The van der Waals surface area contributed by atoms with Gasteiger partial charge in [-0.25, -0.2) is 0 Å². The van der Waals surface area contributed by atoms with Gasteiger partial charge >= 0.3 is 0 Å². The first kappa shape index (κ1) is 13.4. The van der Waals surface area contributed by atoms with E-state index in [4.69, 9.17) is 0 Å². The molecule has 17 heavy (non-hydrogen) atoms. The molecule has 2 rings (SSSR count). The molecule has 100 valence electrons. The molecule has 0 aromatic heterocycles. The quantitative estimate of drug-likeness (QED) is 0.589. The second kappa shape index (κ2) is 5.76. The minimum atomic E-state index is 0.979. The van der Waals surface area contributed by atoms with Crippen LogP contribution in [0.5, 0.6) is 0 Å². The summed E-state index contributed by atoms with van der Waals surface area (Å²) in [4.78, 5) is 0. The highest BCUT2D eigenvalue weighted by molar-refractivity contribution is 4.90. The van der Waals surface area contributed by atoms with Gasteiger partial charge in [-0.05, 0) is 54.8 Å². The number of hydrogen-bond acceptors (Lipinski definition) is 0. The zero-order valence-corrected chi connectivity index (χ0v) is 12.4. The Morgan fingerprint density at radius 1 is 1.00 bits per heavy atom. The third-order valence-electron chi connectivity index (χ3n) is 6.01. The topological polar surface area (TPSA) is 0 Å². The van der Waals surface area contributed by atoms with Crippen molar-refractivity contribution in [3.63, 3.8) is 0 Å². The van der Waals surface area contributed by atoms with E-state index in [1.165, 1.54) is 44.9 Å². The van der Waals surface area contributed by atoms with E-state index in [0.717, 1.165) is 35.5 Å². The second-order valence-electron chi connectivity index (χ2n) is 7.16. The summed E-state index contributed by atoms with van der Waals surface area (Å²) in [5.74, 6) is 6.18. The molecule has 0 amide bonds. The minimum Gasteiger partial charge on any atom is -0.0654 e. The Morgan fingerprint density at radius 3 is 2.06 bits per heavy atom. The molecule has 0 aliphatic heterocycles. The average molecular weight is 236 g/mol. The van der Waals surface area contributed by atoms with E-state index in [9.17, 15) is 0 Å². The molecule has 2 saturated carbocycles. The molecule has 0 nitrogen and oxygen atoms in total. The van der Waals surface area contributed by atoms with Crippen LogP contribution in [-0.2, 0) is 0 Å². The lowest BCUT2D eigenvalue weighted by atomic mass is 9.71. The number of rotatable bonds is 5. The number of hydrogen-bond donors (Lipinski definition) is 0. The molecule has 0 radical (unpaired) electrons. The predicted molar refractivity (Wildman–Crippen MR) is 76.0 cm³/mol. The van der Waals surface area contributed by atoms with Crippen LogP contribution in [0.3, 0.4) is 0 Å². The lowest BCUT2D eigenvalue weighted by molar-refractivity contribution is 0.155. The van der Waals surface area contributed by atoms with Crippen molar-refractivity contribution < 1.29 is 0 Å². The Balaban J connectivity index is 1.75. The van der Waals surface area contributed by atoms with Crippen molar-refractivity contribution in [2.75, 3.05) is 0 Å². The summed E-state index contributed by atoms with van der Waals surface area (Å²) in [6.45, 7) is 9.84. The molecule has 2 fully saturated rings. The van der Waals surface area contributed by atoms with Crippen molar-refractivity contribution >= 4 is 0 Å². The van der Waals surface area contributed by atoms with Gasteiger partial charge in [0.15, 0.2) is 0 Å². The summed E-state index contributed by atoms with van der Waals surface area (Å²) >= 11 is 0. The third-order valence-corrected chi connectivity index (χ3v) is 6.01. The van der Waals surface area contributed by atoms with Crippen molar-refractivity contribution in [3.8, 4) is 0 Å². The fourth-order valence-electron chi connectivity index (χ4n) is 4.31. The van der Waals surface area contributed by atoms with Gasteiger partial charge in [0.2, 0.25) is 0 Å². The third kappa shape index (κ3) is 3.26. The van der Waals surface area contributed by atoms with E-state index >= 15 is 0 Å². The first-order valence-electron chi connectivity index (χ1n) is 8.13. The van der Waals surface area contributed by atoms with Crippen LogP contribution in [0.1, 0.15) is 72.6 Å². The highest BCUT2D eigenvalue weighted by Gasteiger charge is 2.41. The molecular formula is C17H32. The molecule has 0 aromatic carbocycles. The normalized spacial score (nSPS) is 40.9. The van der Waals surface area contributed by atoms with E-state index < -0.39 is 0 Å². The zero-order chi connectivity index (χ0) is 12.4. The van der Waals surface area contributed by atoms with Crippen molar-refractivity contribution in [2.45, 2.75) is 72.6 Å². The Hall–Kier alpha value is 0. The van der Waals surface area contributed by atoms with Crippen molar-refractivity contribution in [3.05, 3.63) is 0 Å². The van der Waals surface area contributed by atoms with Crippen molar-refractivity contribution in [1.82, 2.24) is 0 Å². The molecule has 0 heterocycles. The molecule has 0 bridgehead atoms. The SMILES string of the molecule is CCCC1CCC(C(C)C(C)[C@@H]2CC2C)CC1. The van der Waals surface area contributed by atoms with Gasteiger partial charge < -0.3 is 0 Å². The van der Waals surface area contributed by atoms with Crippen LogP contribution in [0.25, 0.3) is 0 Å². The van der Waals surface area contributed by atoms with Crippen LogP contribution >= 0.6 is 0 Å². The van der Waals surface area contributed by atoms with Gasteiger partial charge in [-0.2, -0.15) is 0 Å². The molecule has 0 N–H and O–H groups in total. The molecule has 0 saturated heterocycles. The smallest absolute Gasteiger partial charge is 0.0357 e. The van der Waals surface area contributed by atoms with Gasteiger partial charge in [-0.1, -0.05) is 53.4 Å². The van der Waals surface area contributed by atoms with Gasteiger partial charge in [-0.3, -0.25) is 0 Å². The van der Waals surface area contributed by atoms with Crippen LogP contribution in [0.15, 0.2) is 0 Å². The summed E-state index contributed by atoms with van der Waals surface area (Å²) in [6, 6.07) is 0. The first-order valence-corrected chi connectivity index (χ1v) is 8.13. The molecule has 2 aliphatic rings. The average Bonchev–Trinajstić information content (AvgIpc) is 3.06. The summed E-state index contributed by atoms with van der Waals surface area (Å²) in [7, 11) is 0. The summed E-state index contributed by atoms with van der Waals surface area (Å²) in [6.07, 6.45) is 10.5. The molecule has 0 heteroatoms. The fourth-order valence-corrected chi connectivity index (χ4v) is 4.31. The van der Waals surface area contributed by atoms with Gasteiger partial charge in [0.1, 0.15) is 0 Å². The molecule has 0 aromatic rings. The van der Waals surface area contributed by atoms with Gasteiger partial charge in [0, 0.05) is 0 Å². The van der Waals surface area contributed by atoms with Crippen LogP contribution in [0.4, 0.5) is 0 Å². The van der Waals surface area contributed by atoms with E-state index in [1.807, 2.05) is 0 Å². The lowest BCUT2D eigenvalue weighted by Crippen LogP contribution is -2.25. The molecule has 3 unspecified atom stereocenters. The maximum absolute atomic E-state index is 2.54.